The second kappa shape index (κ2) is 12.0. The zero-order valence-corrected chi connectivity index (χ0v) is 24.0. The molecule has 0 amide bonds. The van der Waals surface area contributed by atoms with Crippen molar-refractivity contribution in [2.24, 2.45) is 5.92 Å². The number of nitrogens with zero attached hydrogens (tertiary/aromatic N) is 1. The Morgan fingerprint density at radius 1 is 1.10 bits per heavy atom. The third kappa shape index (κ3) is 6.75. The molecule has 9 heteroatoms. The van der Waals surface area contributed by atoms with Gasteiger partial charge in [0.05, 0.1) is 11.6 Å². The number of fused-ring (bicyclic) bond motifs is 1. The van der Waals surface area contributed by atoms with Crippen molar-refractivity contribution in [1.29, 1.82) is 0 Å². The lowest BCUT2D eigenvalue weighted by atomic mass is 9.86. The first-order valence-electron chi connectivity index (χ1n) is 12.7. The normalized spacial score (nSPS) is 16.1. The third-order valence-corrected chi connectivity index (χ3v) is 8.19. The first-order chi connectivity index (χ1) is 18.5. The number of alkyl halides is 1. The van der Waals surface area contributed by atoms with Gasteiger partial charge in [0.2, 0.25) is 0 Å². The van der Waals surface area contributed by atoms with Gasteiger partial charge in [0.25, 0.3) is 0 Å². The fourth-order valence-corrected chi connectivity index (χ4v) is 5.56. The molecule has 0 fully saturated rings. The highest BCUT2D eigenvalue weighted by atomic mass is 35.5. The van der Waals surface area contributed by atoms with Crippen molar-refractivity contribution in [3.8, 4) is 17.2 Å². The van der Waals surface area contributed by atoms with Crippen molar-refractivity contribution in [2.45, 2.75) is 24.8 Å². The summed E-state index contributed by atoms with van der Waals surface area (Å²) in [7, 11) is -1.54. The maximum absolute atomic E-state index is 12.8. The lowest BCUT2D eigenvalue weighted by molar-refractivity contribution is 0.206. The van der Waals surface area contributed by atoms with Gasteiger partial charge in [-0.1, -0.05) is 30.7 Å². The van der Waals surface area contributed by atoms with E-state index < -0.39 is 15.9 Å². The zero-order chi connectivity index (χ0) is 28.3. The summed E-state index contributed by atoms with van der Waals surface area (Å²) in [5, 5.41) is 10.5. The smallest absolute Gasteiger partial charge is 0.175 e. The average molecular weight is 574 g/mol. The van der Waals surface area contributed by atoms with E-state index in [1.165, 1.54) is 6.07 Å². The molecule has 1 aliphatic heterocycles. The molecule has 0 bridgehead atoms. The van der Waals surface area contributed by atoms with Crippen molar-refractivity contribution in [3.05, 3.63) is 82.4 Å². The SMILES string of the molecule is CC1=C(c2cc(S(C)(=O)=O)ccc2Cl)[C@H](c2ccc(OCCN(C)CC(C)CF)cc2)Oc2ccc(O)cc21. The molecule has 0 saturated carbocycles. The number of benzene rings is 3. The van der Waals surface area contributed by atoms with Gasteiger partial charge in [-0.05, 0) is 79.6 Å². The predicted octanol–water partition coefficient (Wildman–Crippen LogP) is 6.43. The highest BCUT2D eigenvalue weighted by Gasteiger charge is 2.31. The van der Waals surface area contributed by atoms with Crippen LogP contribution >= 0.6 is 11.6 Å². The summed E-state index contributed by atoms with van der Waals surface area (Å²) in [5.41, 5.74) is 3.59. The van der Waals surface area contributed by atoms with Crippen LogP contribution in [0, 0.1) is 5.92 Å². The van der Waals surface area contributed by atoms with Gasteiger partial charge in [-0.2, -0.15) is 0 Å². The van der Waals surface area contributed by atoms with E-state index >= 15 is 0 Å². The largest absolute Gasteiger partial charge is 0.508 e. The van der Waals surface area contributed by atoms with Gasteiger partial charge < -0.3 is 19.5 Å². The van der Waals surface area contributed by atoms with Crippen molar-refractivity contribution >= 4 is 32.6 Å². The molecule has 3 aromatic rings. The number of allylic oxidation sites excluding steroid dienone is 1. The fourth-order valence-electron chi connectivity index (χ4n) is 4.69. The van der Waals surface area contributed by atoms with E-state index in [-0.39, 0.29) is 23.2 Å². The van der Waals surface area contributed by atoms with Gasteiger partial charge in [-0.3, -0.25) is 4.39 Å². The number of sulfone groups is 1. The van der Waals surface area contributed by atoms with Crippen LogP contribution in [-0.2, 0) is 9.84 Å². The van der Waals surface area contributed by atoms with Crippen LogP contribution in [0.1, 0.15) is 36.6 Å². The molecule has 1 unspecified atom stereocenters. The Labute approximate surface area is 234 Å². The molecule has 1 heterocycles. The lowest BCUT2D eigenvalue weighted by Crippen LogP contribution is -2.29. The molecule has 39 heavy (non-hydrogen) atoms. The molecule has 2 atom stereocenters. The van der Waals surface area contributed by atoms with Gasteiger partial charge in [0.15, 0.2) is 9.84 Å². The number of hydrogen-bond donors (Lipinski definition) is 1. The minimum Gasteiger partial charge on any atom is -0.508 e. The Morgan fingerprint density at radius 2 is 1.82 bits per heavy atom. The fraction of sp³-hybridized carbons (Fsp3) is 0.333. The number of aromatic hydroxyl groups is 1. The standard InChI is InChI=1S/C30H33ClFNO5S/c1-19(17-32)18-33(3)13-14-37-23-8-5-21(6-9-23)30-29(20(2)25-15-22(34)7-12-28(25)38-30)26-16-24(39(4,35)36)10-11-27(26)31/h5-12,15-16,19,30,34H,13-14,17-18H2,1-4H3/t19?,30-/m0/s1. The summed E-state index contributed by atoms with van der Waals surface area (Å²) < 4.78 is 49.8. The molecule has 3 aromatic carbocycles. The summed E-state index contributed by atoms with van der Waals surface area (Å²) in [4.78, 5) is 2.19. The van der Waals surface area contributed by atoms with Gasteiger partial charge in [0, 0.05) is 41.1 Å². The van der Waals surface area contributed by atoms with E-state index in [1.807, 2.05) is 50.1 Å². The highest BCUT2D eigenvalue weighted by molar-refractivity contribution is 7.90. The Bertz CT molecular complexity index is 1470. The van der Waals surface area contributed by atoms with E-state index in [4.69, 9.17) is 21.1 Å². The molecule has 0 spiro atoms. The van der Waals surface area contributed by atoms with Crippen LogP contribution in [0.2, 0.25) is 5.02 Å². The molecule has 1 aliphatic rings. The molecular weight excluding hydrogens is 541 g/mol. The second-order valence-corrected chi connectivity index (χ2v) is 12.5. The molecule has 0 saturated heterocycles. The lowest BCUT2D eigenvalue weighted by Gasteiger charge is -2.31. The van der Waals surface area contributed by atoms with Crippen LogP contribution in [0.5, 0.6) is 17.2 Å². The number of phenols is 1. The summed E-state index contributed by atoms with van der Waals surface area (Å²) in [6, 6.07) is 17.0. The molecule has 4 rings (SSSR count). The van der Waals surface area contributed by atoms with Crippen molar-refractivity contribution < 1.29 is 27.4 Å². The van der Waals surface area contributed by atoms with Crippen molar-refractivity contribution in [1.82, 2.24) is 4.90 Å². The summed E-state index contributed by atoms with van der Waals surface area (Å²) in [6.45, 7) is 5.23. The van der Waals surface area contributed by atoms with Gasteiger partial charge in [-0.25, -0.2) is 8.42 Å². The monoisotopic (exact) mass is 573 g/mol. The van der Waals surface area contributed by atoms with Gasteiger partial charge in [-0.15, -0.1) is 0 Å². The van der Waals surface area contributed by atoms with E-state index in [1.54, 1.807) is 30.3 Å². The van der Waals surface area contributed by atoms with Crippen LogP contribution in [0.15, 0.2) is 65.6 Å². The Hall–Kier alpha value is -3.07. The summed E-state index contributed by atoms with van der Waals surface area (Å²) in [5.74, 6) is 1.36. The predicted molar refractivity (Wildman–Crippen MR) is 153 cm³/mol. The first-order valence-corrected chi connectivity index (χ1v) is 14.9. The minimum atomic E-state index is -3.48. The number of hydrogen-bond acceptors (Lipinski definition) is 6. The summed E-state index contributed by atoms with van der Waals surface area (Å²) >= 11 is 6.63. The third-order valence-electron chi connectivity index (χ3n) is 6.75. The van der Waals surface area contributed by atoms with E-state index in [9.17, 15) is 17.9 Å². The molecule has 0 aromatic heterocycles. The number of halogens is 2. The van der Waals surface area contributed by atoms with E-state index in [2.05, 4.69) is 0 Å². The second-order valence-electron chi connectivity index (χ2n) is 10.1. The van der Waals surface area contributed by atoms with Crippen LogP contribution < -0.4 is 9.47 Å². The van der Waals surface area contributed by atoms with Crippen LogP contribution in [0.4, 0.5) is 4.39 Å². The minimum absolute atomic E-state index is 0.0174. The Balaban J connectivity index is 1.66. The number of rotatable bonds is 10. The molecular formula is C30H33ClFNO5S. The van der Waals surface area contributed by atoms with E-state index in [0.717, 1.165) is 17.4 Å². The van der Waals surface area contributed by atoms with Crippen LogP contribution in [-0.4, -0.2) is 58.1 Å². The Kier molecular flexibility index (Phi) is 8.89. The maximum atomic E-state index is 12.8. The molecule has 0 aliphatic carbocycles. The molecule has 1 N–H and O–H groups in total. The Morgan fingerprint density at radius 3 is 2.49 bits per heavy atom. The molecule has 6 nitrogen and oxygen atoms in total. The first kappa shape index (κ1) is 28.9. The number of ether oxygens (including phenoxy) is 2. The van der Waals surface area contributed by atoms with Gasteiger partial charge >= 0.3 is 0 Å². The van der Waals surface area contributed by atoms with Gasteiger partial charge in [0.1, 0.15) is 30.0 Å². The van der Waals surface area contributed by atoms with Crippen LogP contribution in [0.3, 0.4) is 0 Å². The topological polar surface area (TPSA) is 76.1 Å². The van der Waals surface area contributed by atoms with Crippen molar-refractivity contribution in [3.63, 3.8) is 0 Å². The van der Waals surface area contributed by atoms with Crippen LogP contribution in [0.25, 0.3) is 11.1 Å². The quantitative estimate of drug-likeness (QED) is 0.301. The number of likely N-dealkylation sites (N-methyl/N-ethyl adjacent to an activating group) is 1. The van der Waals surface area contributed by atoms with Crippen molar-refractivity contribution in [2.75, 3.05) is 39.7 Å². The zero-order valence-electron chi connectivity index (χ0n) is 22.4. The number of phenolic OH excluding ortho intramolecular Hbond substituents is 1. The highest BCUT2D eigenvalue weighted by Crippen LogP contribution is 2.49. The summed E-state index contributed by atoms with van der Waals surface area (Å²) in [6.07, 6.45) is 0.568. The maximum Gasteiger partial charge on any atom is 0.175 e. The van der Waals surface area contributed by atoms with E-state index in [0.29, 0.717) is 52.9 Å². The average Bonchev–Trinajstić information content (AvgIpc) is 2.89. The molecule has 208 valence electrons. The molecule has 0 radical (unpaired) electrons.